The second-order valence-corrected chi connectivity index (χ2v) is 9.42. The Labute approximate surface area is 205 Å². The number of nitrogens with one attached hydrogen (secondary N) is 1. The van der Waals surface area contributed by atoms with Gasteiger partial charge in [0.2, 0.25) is 5.17 Å². The number of rotatable bonds is 6. The van der Waals surface area contributed by atoms with E-state index in [0.717, 1.165) is 29.3 Å². The van der Waals surface area contributed by atoms with Crippen molar-refractivity contribution in [2.75, 3.05) is 0 Å². The number of hydrogen-bond acceptors (Lipinski definition) is 6. The standard InChI is InChI=1S/C23H23ClN6O3S/c1-5-14(6-2)22-27-29-20(25)17(21(31)26-23(29)34-22)10-15-9-12(3)28(13(15)4)16-7-8-18(24)19(11-16)30(32)33/h7-11,14,25H,5-6H2,1-4H3. The summed E-state index contributed by atoms with van der Waals surface area (Å²) in [5.74, 6) is -0.247. The lowest BCUT2D eigenvalue weighted by Gasteiger charge is -2.20. The Kier molecular flexibility index (Phi) is 6.46. The molecular formula is C23H23ClN6O3S. The monoisotopic (exact) mass is 498 g/mol. The first kappa shape index (κ1) is 23.9. The van der Waals surface area contributed by atoms with Crippen LogP contribution in [0.1, 0.15) is 43.6 Å². The second kappa shape index (κ2) is 9.19. The summed E-state index contributed by atoms with van der Waals surface area (Å²) in [5, 5.41) is 27.3. The van der Waals surface area contributed by atoms with Gasteiger partial charge in [0.1, 0.15) is 10.1 Å². The van der Waals surface area contributed by atoms with Crippen LogP contribution in [0.4, 0.5) is 5.69 Å². The van der Waals surface area contributed by atoms with E-state index < -0.39 is 10.8 Å². The van der Waals surface area contributed by atoms with Crippen molar-refractivity contribution < 1.29 is 9.72 Å². The van der Waals surface area contributed by atoms with Crippen LogP contribution in [0.15, 0.2) is 39.9 Å². The number of carbonyl (C=O) groups excluding carboxylic acids is 1. The highest BCUT2D eigenvalue weighted by Gasteiger charge is 2.37. The molecule has 2 aliphatic heterocycles. The first-order valence-corrected chi connectivity index (χ1v) is 12.0. The molecule has 2 aromatic rings. The van der Waals surface area contributed by atoms with Gasteiger partial charge in [-0.25, -0.2) is 0 Å². The van der Waals surface area contributed by atoms with Crippen LogP contribution in [0.2, 0.25) is 5.02 Å². The van der Waals surface area contributed by atoms with Crippen molar-refractivity contribution >= 4 is 57.1 Å². The molecule has 176 valence electrons. The van der Waals surface area contributed by atoms with E-state index >= 15 is 0 Å². The summed E-state index contributed by atoms with van der Waals surface area (Å²) in [5.41, 5.74) is 2.81. The molecule has 0 spiro atoms. The van der Waals surface area contributed by atoms with E-state index in [1.54, 1.807) is 12.1 Å². The Balaban J connectivity index is 1.73. The highest BCUT2D eigenvalue weighted by atomic mass is 35.5. The summed E-state index contributed by atoms with van der Waals surface area (Å²) in [7, 11) is 0. The minimum absolute atomic E-state index is 0.0182. The Bertz CT molecular complexity index is 1320. The number of carbonyl (C=O) groups is 1. The van der Waals surface area contributed by atoms with Gasteiger partial charge in [-0.3, -0.25) is 20.3 Å². The molecule has 3 heterocycles. The van der Waals surface area contributed by atoms with E-state index in [4.69, 9.17) is 17.0 Å². The maximum Gasteiger partial charge on any atom is 0.289 e. The van der Waals surface area contributed by atoms with E-state index in [9.17, 15) is 14.9 Å². The molecule has 1 aromatic heterocycles. The fourth-order valence-corrected chi connectivity index (χ4v) is 5.42. The third-order valence-corrected chi connectivity index (χ3v) is 7.35. The van der Waals surface area contributed by atoms with Gasteiger partial charge in [-0.05, 0) is 68.3 Å². The molecule has 0 unspecified atom stereocenters. The first-order valence-electron chi connectivity index (χ1n) is 10.8. The van der Waals surface area contributed by atoms with Crippen LogP contribution in [-0.4, -0.2) is 36.5 Å². The Morgan fingerprint density at radius 2 is 1.97 bits per heavy atom. The molecule has 0 saturated carbocycles. The molecule has 11 heteroatoms. The first-order chi connectivity index (χ1) is 16.2. The van der Waals surface area contributed by atoms with Crippen molar-refractivity contribution in [3.05, 3.63) is 61.9 Å². The number of thioether (sulfide) groups is 1. The summed E-state index contributed by atoms with van der Waals surface area (Å²) >= 11 is 7.31. The van der Waals surface area contributed by atoms with Crippen molar-refractivity contribution in [1.29, 1.82) is 5.41 Å². The molecule has 0 saturated heterocycles. The number of halogens is 1. The number of aliphatic imine (C=N–C) groups is 1. The molecule has 2 aliphatic rings. The third-order valence-electron chi connectivity index (χ3n) is 5.96. The number of nitro benzene ring substituents is 1. The van der Waals surface area contributed by atoms with Gasteiger partial charge in [0.15, 0.2) is 5.84 Å². The van der Waals surface area contributed by atoms with Gasteiger partial charge >= 0.3 is 0 Å². The lowest BCUT2D eigenvalue weighted by Crippen LogP contribution is -2.35. The van der Waals surface area contributed by atoms with Crippen LogP contribution in [0.5, 0.6) is 0 Å². The van der Waals surface area contributed by atoms with Gasteiger partial charge in [-0.1, -0.05) is 25.4 Å². The average Bonchev–Trinajstić information content (AvgIpc) is 3.33. The third kappa shape index (κ3) is 4.07. The predicted molar refractivity (Wildman–Crippen MR) is 136 cm³/mol. The molecule has 4 rings (SSSR count). The summed E-state index contributed by atoms with van der Waals surface area (Å²) in [6.45, 7) is 7.88. The molecule has 0 radical (unpaired) electrons. The zero-order chi connectivity index (χ0) is 24.7. The highest BCUT2D eigenvalue weighted by Crippen LogP contribution is 2.34. The van der Waals surface area contributed by atoms with E-state index in [0.29, 0.717) is 16.4 Å². The highest BCUT2D eigenvalue weighted by molar-refractivity contribution is 8.27. The number of nitrogens with zero attached hydrogens (tertiary/aromatic N) is 5. The smallest absolute Gasteiger partial charge is 0.289 e. The SMILES string of the molecule is CCC(CC)C1=NN2C(=N)C(=Cc3cc(C)n(-c4ccc(Cl)c([N+](=O)[O-])c4)c3C)C(=O)N=C2S1. The number of aromatic nitrogens is 1. The van der Waals surface area contributed by atoms with Crippen LogP contribution in [0.25, 0.3) is 11.8 Å². The molecule has 0 atom stereocenters. The van der Waals surface area contributed by atoms with E-state index in [-0.39, 0.29) is 28.0 Å². The number of nitro groups is 1. The summed E-state index contributed by atoms with van der Waals surface area (Å²) < 4.78 is 1.84. The molecule has 0 aliphatic carbocycles. The molecular weight excluding hydrogens is 476 g/mol. The van der Waals surface area contributed by atoms with Crippen LogP contribution in [-0.2, 0) is 4.79 Å². The fourth-order valence-electron chi connectivity index (χ4n) is 4.08. The minimum Gasteiger partial charge on any atom is -0.318 e. The number of aryl methyl sites for hydroxylation is 1. The molecule has 0 bridgehead atoms. The second-order valence-electron chi connectivity index (χ2n) is 8.03. The maximum atomic E-state index is 12.8. The molecule has 34 heavy (non-hydrogen) atoms. The van der Waals surface area contributed by atoms with Gasteiger partial charge in [0, 0.05) is 23.4 Å². The van der Waals surface area contributed by atoms with Crippen LogP contribution in [0, 0.1) is 35.3 Å². The van der Waals surface area contributed by atoms with Crippen molar-refractivity contribution in [2.45, 2.75) is 40.5 Å². The van der Waals surface area contributed by atoms with Gasteiger partial charge in [-0.15, -0.1) is 0 Å². The van der Waals surface area contributed by atoms with Gasteiger partial charge in [0.25, 0.3) is 11.6 Å². The van der Waals surface area contributed by atoms with Crippen molar-refractivity contribution in [1.82, 2.24) is 9.58 Å². The van der Waals surface area contributed by atoms with Gasteiger partial charge in [0.05, 0.1) is 16.2 Å². The summed E-state index contributed by atoms with van der Waals surface area (Å²) in [4.78, 5) is 27.8. The number of benzene rings is 1. The fraction of sp³-hybridized carbons (Fsp3) is 0.304. The number of hydrazone groups is 1. The molecule has 1 aromatic carbocycles. The predicted octanol–water partition coefficient (Wildman–Crippen LogP) is 5.71. The van der Waals surface area contributed by atoms with Gasteiger partial charge in [-0.2, -0.15) is 15.1 Å². The largest absolute Gasteiger partial charge is 0.318 e. The number of fused-ring (bicyclic) bond motifs is 1. The summed E-state index contributed by atoms with van der Waals surface area (Å²) in [6.07, 6.45) is 3.47. The normalized spacial score (nSPS) is 16.9. The Hall–Kier alpha value is -3.24. The zero-order valence-corrected chi connectivity index (χ0v) is 20.7. The van der Waals surface area contributed by atoms with Gasteiger partial charge < -0.3 is 4.57 Å². The Morgan fingerprint density at radius 3 is 2.62 bits per heavy atom. The van der Waals surface area contributed by atoms with Crippen molar-refractivity contribution in [3.8, 4) is 5.69 Å². The maximum absolute atomic E-state index is 12.8. The van der Waals surface area contributed by atoms with E-state index in [1.165, 1.54) is 28.9 Å². The van der Waals surface area contributed by atoms with E-state index in [1.807, 2.05) is 24.5 Å². The average molecular weight is 499 g/mol. The number of hydrogen-bond donors (Lipinski definition) is 1. The summed E-state index contributed by atoms with van der Waals surface area (Å²) in [6, 6.07) is 6.47. The molecule has 9 nitrogen and oxygen atoms in total. The van der Waals surface area contributed by atoms with Crippen LogP contribution in [0.3, 0.4) is 0 Å². The number of amides is 1. The van der Waals surface area contributed by atoms with Crippen LogP contribution < -0.4 is 0 Å². The van der Waals surface area contributed by atoms with Crippen LogP contribution >= 0.6 is 23.4 Å². The topological polar surface area (TPSA) is 117 Å². The lowest BCUT2D eigenvalue weighted by molar-refractivity contribution is -0.384. The molecule has 1 N–H and O–H groups in total. The quantitative estimate of drug-likeness (QED) is 0.311. The molecule has 0 fully saturated rings. The minimum atomic E-state index is -0.523. The van der Waals surface area contributed by atoms with E-state index in [2.05, 4.69) is 23.9 Å². The molecule has 1 amide bonds. The Morgan fingerprint density at radius 1 is 1.26 bits per heavy atom. The zero-order valence-electron chi connectivity index (χ0n) is 19.1. The van der Waals surface area contributed by atoms with Crippen molar-refractivity contribution in [3.63, 3.8) is 0 Å². The van der Waals surface area contributed by atoms with Crippen molar-refractivity contribution in [2.24, 2.45) is 16.0 Å². The number of amidine groups is 2. The lowest BCUT2D eigenvalue weighted by atomic mass is 10.1.